The molecule has 0 saturated heterocycles. The minimum absolute atomic E-state index is 1.18. The summed E-state index contributed by atoms with van der Waals surface area (Å²) in [5, 5.41) is 0. The quantitative estimate of drug-likeness (QED) is 0.600. The number of hydrogen-bond acceptors (Lipinski definition) is 0. The SMILES string of the molecule is Cc1[c]c(C)c(Br)c(C)c1. The van der Waals surface area contributed by atoms with Crippen LogP contribution in [0.25, 0.3) is 0 Å². The van der Waals surface area contributed by atoms with E-state index in [9.17, 15) is 0 Å². The first-order valence-corrected chi connectivity index (χ1v) is 4.06. The topological polar surface area (TPSA) is 0 Å². The van der Waals surface area contributed by atoms with Gasteiger partial charge in [0.1, 0.15) is 0 Å². The van der Waals surface area contributed by atoms with Crippen molar-refractivity contribution in [2.24, 2.45) is 0 Å². The Bertz CT molecular complexity index is 228. The Morgan fingerprint density at radius 2 is 1.90 bits per heavy atom. The van der Waals surface area contributed by atoms with E-state index < -0.39 is 0 Å². The maximum absolute atomic E-state index is 3.48. The first-order chi connectivity index (χ1) is 4.61. The van der Waals surface area contributed by atoms with Gasteiger partial charge in [-0.3, -0.25) is 0 Å². The third-order valence-corrected chi connectivity index (χ3v) is 2.71. The summed E-state index contributed by atoms with van der Waals surface area (Å²) in [5.74, 6) is 0. The highest BCUT2D eigenvalue weighted by molar-refractivity contribution is 9.10. The molecule has 0 nitrogen and oxygen atoms in total. The molecule has 0 heterocycles. The molecule has 0 amide bonds. The molecular weight excluding hydrogens is 188 g/mol. The summed E-state index contributed by atoms with van der Waals surface area (Å²) in [7, 11) is 0. The van der Waals surface area contributed by atoms with Crippen LogP contribution in [0, 0.1) is 26.8 Å². The first kappa shape index (κ1) is 7.80. The summed E-state index contributed by atoms with van der Waals surface area (Å²) < 4.78 is 1.18. The Hall–Kier alpha value is -0.300. The van der Waals surface area contributed by atoms with E-state index in [1.807, 2.05) is 0 Å². The van der Waals surface area contributed by atoms with Crippen molar-refractivity contribution in [3.05, 3.63) is 33.3 Å². The van der Waals surface area contributed by atoms with Crippen molar-refractivity contribution in [1.29, 1.82) is 0 Å². The molecule has 10 heavy (non-hydrogen) atoms. The van der Waals surface area contributed by atoms with Crippen LogP contribution in [0.5, 0.6) is 0 Å². The van der Waals surface area contributed by atoms with E-state index in [0.717, 1.165) is 0 Å². The summed E-state index contributed by atoms with van der Waals surface area (Å²) >= 11 is 3.48. The van der Waals surface area contributed by atoms with Crippen LogP contribution < -0.4 is 0 Å². The first-order valence-electron chi connectivity index (χ1n) is 3.27. The molecule has 0 N–H and O–H groups in total. The highest BCUT2D eigenvalue weighted by Gasteiger charge is 1.98. The number of benzene rings is 1. The predicted octanol–water partition coefficient (Wildman–Crippen LogP) is 3.17. The molecule has 0 saturated carbocycles. The molecule has 0 aliphatic heterocycles. The lowest BCUT2D eigenvalue weighted by atomic mass is 10.1. The fourth-order valence-corrected chi connectivity index (χ4v) is 1.28. The summed E-state index contributed by atoms with van der Waals surface area (Å²) in [6.45, 7) is 6.22. The molecule has 1 aromatic rings. The van der Waals surface area contributed by atoms with Gasteiger partial charge in [0.15, 0.2) is 0 Å². The fraction of sp³-hybridized carbons (Fsp3) is 0.333. The lowest BCUT2D eigenvalue weighted by Gasteiger charge is -2.02. The van der Waals surface area contributed by atoms with Crippen molar-refractivity contribution in [1.82, 2.24) is 0 Å². The third-order valence-electron chi connectivity index (χ3n) is 1.49. The van der Waals surface area contributed by atoms with Crippen molar-refractivity contribution in [2.75, 3.05) is 0 Å². The van der Waals surface area contributed by atoms with Gasteiger partial charge in [0.05, 0.1) is 0 Å². The van der Waals surface area contributed by atoms with Crippen LogP contribution in [0.15, 0.2) is 10.5 Å². The van der Waals surface area contributed by atoms with Crippen molar-refractivity contribution in [2.45, 2.75) is 20.8 Å². The molecular formula is C9H10Br. The van der Waals surface area contributed by atoms with Crippen molar-refractivity contribution in [3.8, 4) is 0 Å². The molecule has 0 fully saturated rings. The standard InChI is InChI=1S/C9H10Br/c1-6-4-7(2)9(10)8(3)5-6/h4H,1-3H3. The Morgan fingerprint density at radius 3 is 2.40 bits per heavy atom. The van der Waals surface area contributed by atoms with Gasteiger partial charge in [0.25, 0.3) is 0 Å². The van der Waals surface area contributed by atoms with Crippen molar-refractivity contribution < 1.29 is 0 Å². The lowest BCUT2D eigenvalue weighted by Crippen LogP contribution is -1.83. The zero-order valence-corrected chi connectivity index (χ0v) is 8.04. The van der Waals surface area contributed by atoms with Gasteiger partial charge in [0, 0.05) is 4.47 Å². The maximum atomic E-state index is 3.48. The van der Waals surface area contributed by atoms with Crippen molar-refractivity contribution in [3.63, 3.8) is 0 Å². The zero-order valence-electron chi connectivity index (χ0n) is 6.46. The summed E-state index contributed by atoms with van der Waals surface area (Å²) in [4.78, 5) is 0. The lowest BCUT2D eigenvalue weighted by molar-refractivity contribution is 1.28. The normalized spacial score (nSPS) is 10.0. The molecule has 1 rings (SSSR count). The molecule has 0 aliphatic carbocycles. The molecule has 0 bridgehead atoms. The minimum Gasteiger partial charge on any atom is -0.0546 e. The van der Waals surface area contributed by atoms with Crippen LogP contribution in [0.4, 0.5) is 0 Å². The van der Waals surface area contributed by atoms with E-state index in [1.54, 1.807) is 0 Å². The Balaban J connectivity index is 3.31. The number of aryl methyl sites for hydroxylation is 3. The average Bonchev–Trinajstić information content (AvgIpc) is 1.82. The van der Waals surface area contributed by atoms with Crippen LogP contribution in [-0.2, 0) is 0 Å². The Kier molecular flexibility index (Phi) is 2.14. The predicted molar refractivity (Wildman–Crippen MR) is 47.2 cm³/mol. The number of rotatable bonds is 0. The van der Waals surface area contributed by atoms with E-state index in [-0.39, 0.29) is 0 Å². The van der Waals surface area contributed by atoms with E-state index in [4.69, 9.17) is 0 Å². The molecule has 1 radical (unpaired) electrons. The zero-order chi connectivity index (χ0) is 7.72. The van der Waals surface area contributed by atoms with Gasteiger partial charge in [-0.05, 0) is 43.5 Å². The molecule has 0 spiro atoms. The average molecular weight is 198 g/mol. The molecule has 0 atom stereocenters. The molecule has 1 heteroatoms. The number of hydrogen-bond donors (Lipinski definition) is 0. The second-order valence-electron chi connectivity index (χ2n) is 2.57. The van der Waals surface area contributed by atoms with Gasteiger partial charge >= 0.3 is 0 Å². The van der Waals surface area contributed by atoms with Gasteiger partial charge in [-0.15, -0.1) is 0 Å². The van der Waals surface area contributed by atoms with E-state index >= 15 is 0 Å². The fourth-order valence-electron chi connectivity index (χ4n) is 1.07. The minimum atomic E-state index is 1.18. The van der Waals surface area contributed by atoms with Gasteiger partial charge in [-0.2, -0.15) is 0 Å². The Morgan fingerprint density at radius 1 is 1.30 bits per heavy atom. The van der Waals surface area contributed by atoms with Crippen LogP contribution in [0.2, 0.25) is 0 Å². The summed E-state index contributed by atoms with van der Waals surface area (Å²) in [6, 6.07) is 5.35. The highest BCUT2D eigenvalue weighted by Crippen LogP contribution is 2.21. The molecule has 0 unspecified atom stereocenters. The molecule has 0 aromatic heterocycles. The highest BCUT2D eigenvalue weighted by atomic mass is 79.9. The summed E-state index contributed by atoms with van der Waals surface area (Å²) in [5.41, 5.74) is 3.68. The van der Waals surface area contributed by atoms with E-state index in [2.05, 4.69) is 48.8 Å². The summed E-state index contributed by atoms with van der Waals surface area (Å²) in [6.07, 6.45) is 0. The van der Waals surface area contributed by atoms with E-state index in [1.165, 1.54) is 21.2 Å². The van der Waals surface area contributed by atoms with Crippen LogP contribution in [-0.4, -0.2) is 0 Å². The maximum Gasteiger partial charge on any atom is 0.0240 e. The van der Waals surface area contributed by atoms with Gasteiger partial charge in [-0.25, -0.2) is 0 Å². The Labute approximate surface area is 70.4 Å². The van der Waals surface area contributed by atoms with Crippen LogP contribution >= 0.6 is 15.9 Å². The third kappa shape index (κ3) is 1.40. The van der Waals surface area contributed by atoms with Crippen LogP contribution in [0.3, 0.4) is 0 Å². The van der Waals surface area contributed by atoms with E-state index in [0.29, 0.717) is 0 Å². The largest absolute Gasteiger partial charge is 0.0546 e. The van der Waals surface area contributed by atoms with Crippen LogP contribution in [0.1, 0.15) is 16.7 Å². The second kappa shape index (κ2) is 2.75. The van der Waals surface area contributed by atoms with Gasteiger partial charge in [-0.1, -0.05) is 22.0 Å². The van der Waals surface area contributed by atoms with Crippen molar-refractivity contribution >= 4 is 15.9 Å². The smallest absolute Gasteiger partial charge is 0.0240 e. The second-order valence-corrected chi connectivity index (χ2v) is 3.37. The van der Waals surface area contributed by atoms with Gasteiger partial charge < -0.3 is 0 Å². The van der Waals surface area contributed by atoms with Gasteiger partial charge in [0.2, 0.25) is 0 Å². The molecule has 0 aliphatic rings. The molecule has 1 aromatic carbocycles. The molecule has 53 valence electrons. The monoisotopic (exact) mass is 197 g/mol. The number of halogens is 1.